The van der Waals surface area contributed by atoms with Gasteiger partial charge in [-0.2, -0.15) is 5.10 Å². The summed E-state index contributed by atoms with van der Waals surface area (Å²) in [5, 5.41) is 4.05. The van der Waals surface area contributed by atoms with Gasteiger partial charge in [-0.1, -0.05) is 51.0 Å². The van der Waals surface area contributed by atoms with Gasteiger partial charge in [-0.25, -0.2) is 0 Å². The molecule has 0 saturated carbocycles. The average Bonchev–Trinajstić information content (AvgIpc) is 2.78. The van der Waals surface area contributed by atoms with Crippen molar-refractivity contribution in [3.05, 3.63) is 23.3 Å². The topological polar surface area (TPSA) is 24.4 Å². The van der Waals surface area contributed by atoms with E-state index in [4.69, 9.17) is 0 Å². The van der Waals surface area contributed by atoms with Gasteiger partial charge in [0.25, 0.3) is 0 Å². The highest BCUT2D eigenvalue weighted by Crippen LogP contribution is 2.25. The summed E-state index contributed by atoms with van der Waals surface area (Å²) < 4.78 is 0. The highest BCUT2D eigenvalue weighted by atomic mass is 15.3. The quantitative estimate of drug-likeness (QED) is 0.647. The van der Waals surface area contributed by atoms with Gasteiger partial charge in [0, 0.05) is 12.1 Å². The Hall–Kier alpha value is -1.05. The highest BCUT2D eigenvalue weighted by Gasteiger charge is 2.26. The Balaban J connectivity index is 0.000000442. The lowest BCUT2D eigenvalue weighted by Crippen LogP contribution is -2.28. The molecule has 15 heavy (non-hydrogen) atoms. The molecular weight excluding hydrogens is 184 g/mol. The van der Waals surface area contributed by atoms with E-state index in [1.54, 1.807) is 0 Å². The molecule has 1 heterocycles. The summed E-state index contributed by atoms with van der Waals surface area (Å²) in [6, 6.07) is 0.415. The van der Waals surface area contributed by atoms with Crippen LogP contribution in [-0.2, 0) is 0 Å². The summed E-state index contributed by atoms with van der Waals surface area (Å²) in [4.78, 5) is 0. The van der Waals surface area contributed by atoms with E-state index >= 15 is 0 Å². The van der Waals surface area contributed by atoms with Crippen LogP contribution >= 0.6 is 0 Å². The standard InChI is InChI=1S/C9H12N2.2C2H6/c1-6-3-4-9-8(7(6)2)5-10-11-9;2*1-2/h3-5,8-9,11H,1-2H3;2*1-2H3. The van der Waals surface area contributed by atoms with Crippen LogP contribution in [0.1, 0.15) is 41.5 Å². The van der Waals surface area contributed by atoms with Crippen LogP contribution in [-0.4, -0.2) is 12.3 Å². The van der Waals surface area contributed by atoms with Crippen LogP contribution in [0.15, 0.2) is 28.4 Å². The molecule has 0 amide bonds. The summed E-state index contributed by atoms with van der Waals surface area (Å²) in [6.07, 6.45) is 6.34. The Morgan fingerprint density at radius 2 is 1.73 bits per heavy atom. The normalized spacial score (nSPS) is 25.7. The predicted octanol–water partition coefficient (Wildman–Crippen LogP) is 3.52. The van der Waals surface area contributed by atoms with Crippen LogP contribution in [0.25, 0.3) is 0 Å². The number of rotatable bonds is 0. The SMILES string of the molecule is CC.CC.CC1=C(C)C2C=NNC2C=C1. The molecule has 1 N–H and O–H groups in total. The van der Waals surface area contributed by atoms with Gasteiger partial charge in [0.1, 0.15) is 0 Å². The van der Waals surface area contributed by atoms with Crippen molar-refractivity contribution >= 4 is 6.21 Å². The minimum Gasteiger partial charge on any atom is -0.302 e. The molecule has 2 heteroatoms. The molecule has 0 fully saturated rings. The molecule has 0 radical (unpaired) electrons. The van der Waals surface area contributed by atoms with Crippen molar-refractivity contribution in [2.24, 2.45) is 11.0 Å². The van der Waals surface area contributed by atoms with Crippen molar-refractivity contribution in [1.29, 1.82) is 0 Å². The Labute approximate surface area is 94.2 Å². The second kappa shape index (κ2) is 7.27. The first-order valence-corrected chi connectivity index (χ1v) is 5.93. The molecule has 2 aliphatic rings. The Kier molecular flexibility index (Phi) is 6.76. The Morgan fingerprint density at radius 1 is 1.13 bits per heavy atom. The van der Waals surface area contributed by atoms with Crippen LogP contribution < -0.4 is 5.43 Å². The maximum atomic E-state index is 4.05. The fourth-order valence-corrected chi connectivity index (χ4v) is 1.57. The number of nitrogens with one attached hydrogen (secondary N) is 1. The van der Waals surface area contributed by atoms with E-state index in [0.29, 0.717) is 12.0 Å². The van der Waals surface area contributed by atoms with E-state index in [2.05, 4.69) is 36.5 Å². The molecule has 0 bridgehead atoms. The van der Waals surface area contributed by atoms with Crippen LogP contribution in [0, 0.1) is 5.92 Å². The number of fused-ring (bicyclic) bond motifs is 1. The van der Waals surface area contributed by atoms with E-state index in [1.165, 1.54) is 11.1 Å². The van der Waals surface area contributed by atoms with Gasteiger partial charge in [0.2, 0.25) is 0 Å². The molecule has 2 rings (SSSR count). The fraction of sp³-hybridized carbons (Fsp3) is 0.615. The zero-order chi connectivity index (χ0) is 11.8. The minimum atomic E-state index is 0.415. The molecule has 0 aromatic heterocycles. The van der Waals surface area contributed by atoms with Gasteiger partial charge < -0.3 is 5.43 Å². The first-order chi connectivity index (χ1) is 7.29. The second-order valence-electron chi connectivity index (χ2n) is 3.18. The maximum Gasteiger partial charge on any atom is 0.0739 e. The van der Waals surface area contributed by atoms with Gasteiger partial charge >= 0.3 is 0 Å². The van der Waals surface area contributed by atoms with Crippen LogP contribution in [0.5, 0.6) is 0 Å². The lowest BCUT2D eigenvalue weighted by molar-refractivity contribution is 0.599. The third-order valence-corrected chi connectivity index (χ3v) is 2.52. The minimum absolute atomic E-state index is 0.415. The molecule has 1 aliphatic carbocycles. The van der Waals surface area contributed by atoms with Crippen LogP contribution in [0.3, 0.4) is 0 Å². The number of hydrogen-bond acceptors (Lipinski definition) is 2. The van der Waals surface area contributed by atoms with E-state index in [1.807, 2.05) is 33.9 Å². The van der Waals surface area contributed by atoms with Crippen molar-refractivity contribution in [2.75, 3.05) is 0 Å². The van der Waals surface area contributed by atoms with Gasteiger partial charge in [0.15, 0.2) is 0 Å². The van der Waals surface area contributed by atoms with Gasteiger partial charge in [-0.05, 0) is 13.8 Å². The van der Waals surface area contributed by atoms with Crippen LogP contribution in [0.4, 0.5) is 0 Å². The van der Waals surface area contributed by atoms with E-state index in [-0.39, 0.29) is 0 Å². The highest BCUT2D eigenvalue weighted by molar-refractivity contribution is 5.70. The lowest BCUT2D eigenvalue weighted by atomic mass is 9.87. The van der Waals surface area contributed by atoms with Crippen molar-refractivity contribution < 1.29 is 0 Å². The van der Waals surface area contributed by atoms with Crippen molar-refractivity contribution in [1.82, 2.24) is 5.43 Å². The van der Waals surface area contributed by atoms with Crippen molar-refractivity contribution in [3.8, 4) is 0 Å². The number of hydrogen-bond donors (Lipinski definition) is 1. The van der Waals surface area contributed by atoms with E-state index < -0.39 is 0 Å². The summed E-state index contributed by atoms with van der Waals surface area (Å²) in [5.74, 6) is 0.500. The summed E-state index contributed by atoms with van der Waals surface area (Å²) in [7, 11) is 0. The molecule has 86 valence electrons. The first-order valence-electron chi connectivity index (χ1n) is 5.93. The molecule has 0 aromatic carbocycles. The molecule has 2 nitrogen and oxygen atoms in total. The monoisotopic (exact) mass is 208 g/mol. The molecule has 1 aliphatic heterocycles. The third kappa shape index (κ3) is 3.22. The largest absolute Gasteiger partial charge is 0.302 e. The average molecular weight is 208 g/mol. The second-order valence-corrected chi connectivity index (χ2v) is 3.18. The molecule has 0 aromatic rings. The smallest absolute Gasteiger partial charge is 0.0739 e. The number of hydrazone groups is 1. The Bertz CT molecular complexity index is 262. The summed E-state index contributed by atoms with van der Waals surface area (Å²) >= 11 is 0. The summed E-state index contributed by atoms with van der Waals surface area (Å²) in [5.41, 5.74) is 5.87. The molecule has 0 saturated heterocycles. The molecular formula is C13H24N2. The lowest BCUT2D eigenvalue weighted by Gasteiger charge is -2.20. The summed E-state index contributed by atoms with van der Waals surface area (Å²) in [6.45, 7) is 12.3. The predicted molar refractivity (Wildman–Crippen MR) is 69.1 cm³/mol. The Morgan fingerprint density at radius 3 is 2.33 bits per heavy atom. The fourth-order valence-electron chi connectivity index (χ4n) is 1.57. The van der Waals surface area contributed by atoms with Gasteiger partial charge in [0.05, 0.1) is 6.04 Å². The zero-order valence-electron chi connectivity index (χ0n) is 10.8. The maximum absolute atomic E-state index is 4.05. The third-order valence-electron chi connectivity index (χ3n) is 2.52. The van der Waals surface area contributed by atoms with Crippen LogP contribution in [0.2, 0.25) is 0 Å². The van der Waals surface area contributed by atoms with Gasteiger partial charge in [-0.15, -0.1) is 0 Å². The van der Waals surface area contributed by atoms with Crippen molar-refractivity contribution in [2.45, 2.75) is 47.6 Å². The molecule has 2 atom stereocenters. The van der Waals surface area contributed by atoms with Crippen molar-refractivity contribution in [3.63, 3.8) is 0 Å². The van der Waals surface area contributed by atoms with E-state index in [0.717, 1.165) is 0 Å². The first kappa shape index (κ1) is 13.9. The van der Waals surface area contributed by atoms with E-state index in [9.17, 15) is 0 Å². The number of allylic oxidation sites excluding steroid dienone is 2. The zero-order valence-corrected chi connectivity index (χ0v) is 10.8. The molecule has 2 unspecified atom stereocenters. The molecule has 0 spiro atoms. The van der Waals surface area contributed by atoms with Gasteiger partial charge in [-0.3, -0.25) is 0 Å². The number of nitrogens with zero attached hydrogens (tertiary/aromatic N) is 1.